The summed E-state index contributed by atoms with van der Waals surface area (Å²) < 4.78 is 11.3. The maximum absolute atomic E-state index is 12.0. The molecule has 0 aromatic carbocycles. The van der Waals surface area contributed by atoms with Crippen LogP contribution in [0.15, 0.2) is 11.7 Å². The van der Waals surface area contributed by atoms with Gasteiger partial charge in [-0.3, -0.25) is 4.98 Å². The Labute approximate surface area is 123 Å². The fraction of sp³-hybridized carbons (Fsp3) is 0.714. The van der Waals surface area contributed by atoms with Crippen LogP contribution in [0.3, 0.4) is 0 Å². The number of hydrogen-bond acceptors (Lipinski definition) is 5. The molecular weight excluding hydrogens is 276 g/mol. The normalized spacial score (nSPS) is 19.9. The molecule has 0 bridgehead atoms. The number of likely N-dealkylation sites (tertiary alicyclic amines) is 1. The largest absolute Gasteiger partial charge is 0.444 e. The highest BCUT2D eigenvalue weighted by Gasteiger charge is 2.27. The van der Waals surface area contributed by atoms with Crippen LogP contribution in [-0.4, -0.2) is 40.8 Å². The fourth-order valence-corrected chi connectivity index (χ4v) is 2.59. The second-order valence-corrected chi connectivity index (χ2v) is 6.94. The number of hydrogen-bond donors (Lipinski definition) is 0. The molecule has 1 aliphatic heterocycles. The Kier molecular flexibility index (Phi) is 4.99. The number of ether oxygens (including phenoxy) is 2. The zero-order valence-electron chi connectivity index (χ0n) is 12.3. The zero-order valence-corrected chi connectivity index (χ0v) is 13.1. The minimum Gasteiger partial charge on any atom is -0.444 e. The van der Waals surface area contributed by atoms with Crippen LogP contribution >= 0.6 is 11.3 Å². The van der Waals surface area contributed by atoms with E-state index >= 15 is 0 Å². The Morgan fingerprint density at radius 1 is 1.55 bits per heavy atom. The van der Waals surface area contributed by atoms with E-state index in [1.165, 1.54) is 0 Å². The number of rotatable bonds is 3. The molecule has 1 unspecified atom stereocenters. The fourth-order valence-electron chi connectivity index (χ4n) is 2.08. The standard InChI is InChI=1S/C14H22N2O3S/c1-14(2,3)19-13(17)16-6-4-5-11(8-16)18-9-12-7-15-10-20-12/h7,10-11H,4-6,8-9H2,1-3H3. The monoisotopic (exact) mass is 298 g/mol. The molecule has 1 aliphatic rings. The minimum atomic E-state index is -0.451. The Bertz CT molecular complexity index is 428. The third-order valence-corrected chi connectivity index (χ3v) is 3.73. The van der Waals surface area contributed by atoms with Gasteiger partial charge in [-0.25, -0.2) is 4.79 Å². The number of carbonyl (C=O) groups is 1. The van der Waals surface area contributed by atoms with Gasteiger partial charge in [0.05, 0.1) is 29.6 Å². The van der Waals surface area contributed by atoms with Crippen molar-refractivity contribution in [1.82, 2.24) is 9.88 Å². The van der Waals surface area contributed by atoms with Gasteiger partial charge in [-0.05, 0) is 33.6 Å². The van der Waals surface area contributed by atoms with Crippen LogP contribution in [0.5, 0.6) is 0 Å². The maximum Gasteiger partial charge on any atom is 0.410 e. The quantitative estimate of drug-likeness (QED) is 0.860. The highest BCUT2D eigenvalue weighted by atomic mass is 32.1. The van der Waals surface area contributed by atoms with Crippen molar-refractivity contribution in [2.24, 2.45) is 0 Å². The maximum atomic E-state index is 12.0. The van der Waals surface area contributed by atoms with Gasteiger partial charge in [-0.15, -0.1) is 11.3 Å². The number of piperidine rings is 1. The Balaban J connectivity index is 1.80. The van der Waals surface area contributed by atoms with E-state index < -0.39 is 5.60 Å². The molecule has 0 radical (unpaired) electrons. The first kappa shape index (κ1) is 15.3. The average Bonchev–Trinajstić information content (AvgIpc) is 2.88. The molecule has 112 valence electrons. The second kappa shape index (κ2) is 6.54. The van der Waals surface area contributed by atoms with Crippen molar-refractivity contribution >= 4 is 17.4 Å². The molecule has 5 nitrogen and oxygen atoms in total. The van der Waals surface area contributed by atoms with E-state index in [2.05, 4.69) is 4.98 Å². The van der Waals surface area contributed by atoms with Gasteiger partial charge in [-0.2, -0.15) is 0 Å². The number of nitrogens with zero attached hydrogens (tertiary/aromatic N) is 2. The zero-order chi connectivity index (χ0) is 14.6. The molecule has 1 atom stereocenters. The molecule has 1 saturated heterocycles. The van der Waals surface area contributed by atoms with Gasteiger partial charge < -0.3 is 14.4 Å². The van der Waals surface area contributed by atoms with Crippen molar-refractivity contribution in [3.8, 4) is 0 Å². The van der Waals surface area contributed by atoms with Crippen LogP contribution < -0.4 is 0 Å². The predicted molar refractivity (Wildman–Crippen MR) is 77.7 cm³/mol. The smallest absolute Gasteiger partial charge is 0.410 e. The number of amides is 1. The first-order chi connectivity index (χ1) is 9.44. The first-order valence-electron chi connectivity index (χ1n) is 6.91. The van der Waals surface area contributed by atoms with Gasteiger partial charge in [0, 0.05) is 12.7 Å². The van der Waals surface area contributed by atoms with Gasteiger partial charge in [-0.1, -0.05) is 0 Å². The molecule has 0 N–H and O–H groups in total. The molecule has 0 spiro atoms. The lowest BCUT2D eigenvalue weighted by Gasteiger charge is -2.33. The molecule has 6 heteroatoms. The van der Waals surface area contributed by atoms with Crippen molar-refractivity contribution in [2.75, 3.05) is 13.1 Å². The average molecular weight is 298 g/mol. The molecule has 1 fully saturated rings. The van der Waals surface area contributed by atoms with Gasteiger partial charge in [0.15, 0.2) is 0 Å². The summed E-state index contributed by atoms with van der Waals surface area (Å²) in [5, 5.41) is 0. The Morgan fingerprint density at radius 3 is 3.00 bits per heavy atom. The van der Waals surface area contributed by atoms with E-state index in [0.29, 0.717) is 13.2 Å². The van der Waals surface area contributed by atoms with Crippen LogP contribution in [0.2, 0.25) is 0 Å². The number of aromatic nitrogens is 1. The summed E-state index contributed by atoms with van der Waals surface area (Å²) in [6, 6.07) is 0. The summed E-state index contributed by atoms with van der Waals surface area (Å²) in [7, 11) is 0. The summed E-state index contributed by atoms with van der Waals surface area (Å²) in [6.45, 7) is 7.56. The minimum absolute atomic E-state index is 0.0818. The third-order valence-electron chi connectivity index (χ3n) is 2.97. The van der Waals surface area contributed by atoms with Crippen molar-refractivity contribution in [2.45, 2.75) is 51.9 Å². The topological polar surface area (TPSA) is 51.7 Å². The molecule has 1 amide bonds. The molecule has 1 aromatic rings. The predicted octanol–water partition coefficient (Wildman–Crippen LogP) is 3.06. The highest BCUT2D eigenvalue weighted by molar-refractivity contribution is 7.09. The van der Waals surface area contributed by atoms with Gasteiger partial charge in [0.1, 0.15) is 5.60 Å². The van der Waals surface area contributed by atoms with E-state index in [9.17, 15) is 4.79 Å². The Morgan fingerprint density at radius 2 is 2.35 bits per heavy atom. The molecule has 2 heterocycles. The first-order valence-corrected chi connectivity index (χ1v) is 7.79. The lowest BCUT2D eigenvalue weighted by Crippen LogP contribution is -2.45. The van der Waals surface area contributed by atoms with E-state index in [1.807, 2.05) is 27.0 Å². The molecule has 0 saturated carbocycles. The summed E-state index contributed by atoms with van der Waals surface area (Å²) in [5.74, 6) is 0. The Hall–Kier alpha value is -1.14. The van der Waals surface area contributed by atoms with Crippen molar-refractivity contribution < 1.29 is 14.3 Å². The second-order valence-electron chi connectivity index (χ2n) is 5.97. The lowest BCUT2D eigenvalue weighted by atomic mass is 10.1. The van der Waals surface area contributed by atoms with Crippen molar-refractivity contribution in [3.63, 3.8) is 0 Å². The number of carbonyl (C=O) groups excluding carboxylic acids is 1. The van der Waals surface area contributed by atoms with Gasteiger partial charge in [0.25, 0.3) is 0 Å². The summed E-state index contributed by atoms with van der Waals surface area (Å²) >= 11 is 1.59. The summed E-state index contributed by atoms with van der Waals surface area (Å²) in [4.78, 5) is 18.9. The molecular formula is C14H22N2O3S. The lowest BCUT2D eigenvalue weighted by molar-refractivity contribution is -0.0253. The molecule has 20 heavy (non-hydrogen) atoms. The van der Waals surface area contributed by atoms with E-state index in [0.717, 1.165) is 24.3 Å². The summed E-state index contributed by atoms with van der Waals surface area (Å²) in [6.07, 6.45) is 3.59. The number of thiazole rings is 1. The summed E-state index contributed by atoms with van der Waals surface area (Å²) in [5.41, 5.74) is 1.35. The SMILES string of the molecule is CC(C)(C)OC(=O)N1CCCC(OCc2cncs2)C1. The van der Waals surface area contributed by atoms with Crippen LogP contribution in [0.25, 0.3) is 0 Å². The van der Waals surface area contributed by atoms with Crippen LogP contribution in [0, 0.1) is 0 Å². The van der Waals surface area contributed by atoms with Crippen LogP contribution in [0.1, 0.15) is 38.5 Å². The van der Waals surface area contributed by atoms with Crippen LogP contribution in [-0.2, 0) is 16.1 Å². The third kappa shape index (κ3) is 4.76. The van der Waals surface area contributed by atoms with E-state index in [4.69, 9.17) is 9.47 Å². The van der Waals surface area contributed by atoms with Crippen molar-refractivity contribution in [3.05, 3.63) is 16.6 Å². The molecule has 1 aromatic heterocycles. The molecule has 2 rings (SSSR count). The van der Waals surface area contributed by atoms with Crippen LogP contribution in [0.4, 0.5) is 4.79 Å². The van der Waals surface area contributed by atoms with Crippen molar-refractivity contribution in [1.29, 1.82) is 0 Å². The van der Waals surface area contributed by atoms with Gasteiger partial charge in [0.2, 0.25) is 0 Å². The molecule has 0 aliphatic carbocycles. The highest BCUT2D eigenvalue weighted by Crippen LogP contribution is 2.18. The van der Waals surface area contributed by atoms with E-state index in [1.54, 1.807) is 21.7 Å². The van der Waals surface area contributed by atoms with Gasteiger partial charge >= 0.3 is 6.09 Å². The van der Waals surface area contributed by atoms with E-state index in [-0.39, 0.29) is 12.2 Å².